The molecule has 0 unspecified atom stereocenters. The van der Waals surface area contributed by atoms with Gasteiger partial charge in [-0.3, -0.25) is 0 Å². The van der Waals surface area contributed by atoms with E-state index in [-0.39, 0.29) is 12.2 Å². The van der Waals surface area contributed by atoms with Crippen molar-refractivity contribution < 1.29 is 9.84 Å². The molecule has 1 aliphatic rings. The van der Waals surface area contributed by atoms with Gasteiger partial charge in [0.25, 0.3) is 0 Å². The summed E-state index contributed by atoms with van der Waals surface area (Å²) in [5, 5.41) is 12.6. The van der Waals surface area contributed by atoms with Crippen molar-refractivity contribution in [3.63, 3.8) is 0 Å². The maximum atomic E-state index is 9.18. The molecule has 0 saturated carbocycles. The van der Waals surface area contributed by atoms with Gasteiger partial charge < -0.3 is 15.2 Å². The second-order valence-electron chi connectivity index (χ2n) is 6.16. The van der Waals surface area contributed by atoms with Crippen LogP contribution in [0.1, 0.15) is 30.5 Å². The first-order valence-electron chi connectivity index (χ1n) is 7.31. The van der Waals surface area contributed by atoms with E-state index in [0.717, 1.165) is 23.4 Å². The summed E-state index contributed by atoms with van der Waals surface area (Å²) in [6, 6.07) is 14.2. The predicted molar refractivity (Wildman–Crippen MR) is 84.5 cm³/mol. The Labute approximate surface area is 125 Å². The third-order valence-corrected chi connectivity index (χ3v) is 3.77. The molecule has 0 aliphatic carbocycles. The first-order chi connectivity index (χ1) is 10.1. The van der Waals surface area contributed by atoms with Gasteiger partial charge in [0.1, 0.15) is 11.4 Å². The minimum atomic E-state index is -0.116. The van der Waals surface area contributed by atoms with Crippen LogP contribution in [0.15, 0.2) is 42.5 Å². The lowest BCUT2D eigenvalue weighted by molar-refractivity contribution is 0.137. The van der Waals surface area contributed by atoms with Gasteiger partial charge in [-0.25, -0.2) is 0 Å². The van der Waals surface area contributed by atoms with Crippen LogP contribution in [0.3, 0.4) is 0 Å². The Bertz CT molecular complexity index is 649. The number of aliphatic hydroxyl groups is 1. The molecule has 2 N–H and O–H groups in total. The van der Waals surface area contributed by atoms with Crippen LogP contribution in [-0.4, -0.2) is 10.7 Å². The molecule has 0 atom stereocenters. The fourth-order valence-corrected chi connectivity index (χ4v) is 2.80. The molecular weight excluding hydrogens is 262 g/mol. The van der Waals surface area contributed by atoms with E-state index in [4.69, 9.17) is 4.74 Å². The van der Waals surface area contributed by atoms with E-state index in [1.54, 1.807) is 0 Å². The predicted octanol–water partition coefficient (Wildman–Crippen LogP) is 3.50. The van der Waals surface area contributed by atoms with Crippen LogP contribution < -0.4 is 10.1 Å². The fourth-order valence-electron chi connectivity index (χ4n) is 2.80. The molecule has 0 aromatic heterocycles. The van der Waals surface area contributed by atoms with Crippen LogP contribution >= 0.6 is 0 Å². The molecule has 1 aliphatic heterocycles. The molecule has 0 bridgehead atoms. The summed E-state index contributed by atoms with van der Waals surface area (Å²) < 4.78 is 6.08. The zero-order valence-electron chi connectivity index (χ0n) is 12.5. The van der Waals surface area contributed by atoms with Gasteiger partial charge in [-0.2, -0.15) is 0 Å². The van der Waals surface area contributed by atoms with E-state index in [0.29, 0.717) is 6.54 Å². The first-order valence-corrected chi connectivity index (χ1v) is 7.31. The smallest absolute Gasteiger partial charge is 0.128 e. The minimum Gasteiger partial charge on any atom is -0.487 e. The summed E-state index contributed by atoms with van der Waals surface area (Å²) in [5.41, 5.74) is 4.26. The average Bonchev–Trinajstić information content (AvgIpc) is 2.79. The molecule has 0 radical (unpaired) electrons. The standard InChI is InChI=1S/C18H21NO2/c1-18(2)10-14-6-4-7-15(17(14)21-18)11-19-16-8-3-5-13(9-16)12-20/h3-9,19-20H,10-12H2,1-2H3. The largest absolute Gasteiger partial charge is 0.487 e. The number of hydrogen-bond acceptors (Lipinski definition) is 3. The lowest BCUT2D eigenvalue weighted by Crippen LogP contribution is -2.25. The molecule has 0 saturated heterocycles. The summed E-state index contributed by atoms with van der Waals surface area (Å²) in [6.07, 6.45) is 0.955. The average molecular weight is 283 g/mol. The van der Waals surface area contributed by atoms with Crippen molar-refractivity contribution in [3.05, 3.63) is 59.2 Å². The van der Waals surface area contributed by atoms with Gasteiger partial charge in [-0.05, 0) is 37.1 Å². The van der Waals surface area contributed by atoms with Crippen molar-refractivity contribution >= 4 is 5.69 Å². The summed E-state index contributed by atoms with van der Waals surface area (Å²) in [6.45, 7) is 5.02. The lowest BCUT2D eigenvalue weighted by atomic mass is 10.0. The second-order valence-corrected chi connectivity index (χ2v) is 6.16. The number of aliphatic hydroxyl groups excluding tert-OH is 1. The van der Waals surface area contributed by atoms with Gasteiger partial charge in [0, 0.05) is 24.2 Å². The van der Waals surface area contributed by atoms with Gasteiger partial charge in [-0.15, -0.1) is 0 Å². The van der Waals surface area contributed by atoms with Gasteiger partial charge in [0.05, 0.1) is 6.61 Å². The van der Waals surface area contributed by atoms with Crippen molar-refractivity contribution in [2.75, 3.05) is 5.32 Å². The normalized spacial score (nSPS) is 15.4. The number of nitrogens with one attached hydrogen (secondary N) is 1. The lowest BCUT2D eigenvalue weighted by Gasteiger charge is -2.18. The zero-order chi connectivity index (χ0) is 14.9. The van der Waals surface area contributed by atoms with Gasteiger partial charge in [0.2, 0.25) is 0 Å². The second kappa shape index (κ2) is 5.41. The molecule has 1 heterocycles. The third kappa shape index (κ3) is 3.03. The Balaban J connectivity index is 1.76. The molecule has 0 spiro atoms. The SMILES string of the molecule is CC1(C)Cc2cccc(CNc3cccc(CO)c3)c2O1. The van der Waals surface area contributed by atoms with Crippen LogP contribution in [-0.2, 0) is 19.6 Å². The molecule has 0 amide bonds. The van der Waals surface area contributed by atoms with E-state index in [2.05, 4.69) is 37.4 Å². The molecule has 3 nitrogen and oxygen atoms in total. The summed E-state index contributed by atoms with van der Waals surface area (Å²) in [4.78, 5) is 0. The van der Waals surface area contributed by atoms with Crippen molar-refractivity contribution in [3.8, 4) is 5.75 Å². The molecule has 3 rings (SSSR count). The highest BCUT2D eigenvalue weighted by Crippen LogP contribution is 2.37. The van der Waals surface area contributed by atoms with Crippen LogP contribution in [0.2, 0.25) is 0 Å². The zero-order valence-corrected chi connectivity index (χ0v) is 12.5. The highest BCUT2D eigenvalue weighted by atomic mass is 16.5. The molecule has 110 valence electrons. The molecule has 3 heteroatoms. The fraction of sp³-hybridized carbons (Fsp3) is 0.333. The van der Waals surface area contributed by atoms with Crippen LogP contribution in [0.4, 0.5) is 5.69 Å². The number of anilines is 1. The van der Waals surface area contributed by atoms with Gasteiger partial charge in [-0.1, -0.05) is 30.3 Å². The van der Waals surface area contributed by atoms with Crippen LogP contribution in [0, 0.1) is 0 Å². The van der Waals surface area contributed by atoms with E-state index >= 15 is 0 Å². The van der Waals surface area contributed by atoms with E-state index in [1.165, 1.54) is 11.1 Å². The number of fused-ring (bicyclic) bond motifs is 1. The van der Waals surface area contributed by atoms with E-state index < -0.39 is 0 Å². The monoisotopic (exact) mass is 283 g/mol. The van der Waals surface area contributed by atoms with Gasteiger partial charge >= 0.3 is 0 Å². The van der Waals surface area contributed by atoms with Crippen molar-refractivity contribution in [1.82, 2.24) is 0 Å². The summed E-state index contributed by atoms with van der Waals surface area (Å²) in [7, 11) is 0. The topological polar surface area (TPSA) is 41.5 Å². The number of para-hydroxylation sites is 1. The highest BCUT2D eigenvalue weighted by Gasteiger charge is 2.31. The maximum Gasteiger partial charge on any atom is 0.128 e. The minimum absolute atomic E-state index is 0.0631. The Morgan fingerprint density at radius 1 is 1.19 bits per heavy atom. The van der Waals surface area contributed by atoms with Gasteiger partial charge in [0.15, 0.2) is 0 Å². The van der Waals surface area contributed by atoms with Crippen molar-refractivity contribution in [2.45, 2.75) is 39.0 Å². The molecule has 2 aromatic carbocycles. The Kier molecular flexibility index (Phi) is 3.60. The molecular formula is C18H21NO2. The Hall–Kier alpha value is -2.00. The quantitative estimate of drug-likeness (QED) is 0.902. The number of hydrogen-bond donors (Lipinski definition) is 2. The number of ether oxygens (including phenoxy) is 1. The van der Waals surface area contributed by atoms with Crippen LogP contribution in [0.25, 0.3) is 0 Å². The van der Waals surface area contributed by atoms with E-state index in [1.807, 2.05) is 24.3 Å². The summed E-state index contributed by atoms with van der Waals surface area (Å²) in [5.74, 6) is 1.02. The third-order valence-electron chi connectivity index (χ3n) is 3.77. The Morgan fingerprint density at radius 2 is 2.00 bits per heavy atom. The molecule has 21 heavy (non-hydrogen) atoms. The summed E-state index contributed by atoms with van der Waals surface area (Å²) >= 11 is 0. The number of benzene rings is 2. The van der Waals surface area contributed by atoms with Crippen LogP contribution in [0.5, 0.6) is 5.75 Å². The van der Waals surface area contributed by atoms with Crippen molar-refractivity contribution in [2.24, 2.45) is 0 Å². The maximum absolute atomic E-state index is 9.18. The molecule has 0 fully saturated rings. The first kappa shape index (κ1) is 14.0. The Morgan fingerprint density at radius 3 is 2.81 bits per heavy atom. The highest BCUT2D eigenvalue weighted by molar-refractivity contribution is 5.50. The van der Waals surface area contributed by atoms with Crippen molar-refractivity contribution in [1.29, 1.82) is 0 Å². The van der Waals surface area contributed by atoms with E-state index in [9.17, 15) is 5.11 Å². The number of rotatable bonds is 4. The molecule has 2 aromatic rings.